The first kappa shape index (κ1) is 9.99. The van der Waals surface area contributed by atoms with E-state index >= 15 is 0 Å². The van der Waals surface area contributed by atoms with Gasteiger partial charge in [-0.25, -0.2) is 0 Å². The van der Waals surface area contributed by atoms with Crippen molar-refractivity contribution in [1.82, 2.24) is 0 Å². The van der Waals surface area contributed by atoms with E-state index in [1.165, 1.54) is 4.70 Å². The molecule has 5 heteroatoms. The van der Waals surface area contributed by atoms with Crippen LogP contribution in [0.4, 0.5) is 0 Å². The third-order valence-corrected chi connectivity index (χ3v) is 4.87. The Balaban J connectivity index is 2.12. The average molecular weight is 251 g/mol. The van der Waals surface area contributed by atoms with Gasteiger partial charge < -0.3 is 4.84 Å². The summed E-state index contributed by atoms with van der Waals surface area (Å²) in [5.74, 6) is 0.535. The Morgan fingerprint density at radius 1 is 1.38 bits per heavy atom. The third kappa shape index (κ3) is 1.66. The van der Waals surface area contributed by atoms with Gasteiger partial charge in [-0.2, -0.15) is 0 Å². The van der Waals surface area contributed by atoms with E-state index in [2.05, 4.69) is 11.2 Å². The minimum absolute atomic E-state index is 0.445. The van der Waals surface area contributed by atoms with E-state index in [9.17, 15) is 4.21 Å². The monoisotopic (exact) mass is 251 g/mol. The van der Waals surface area contributed by atoms with E-state index in [4.69, 9.17) is 4.84 Å². The topological polar surface area (TPSA) is 38.7 Å². The van der Waals surface area contributed by atoms with E-state index in [0.29, 0.717) is 17.4 Å². The molecule has 2 aromatic rings. The average Bonchev–Trinajstić information content (AvgIpc) is 2.73. The van der Waals surface area contributed by atoms with Gasteiger partial charge in [0.25, 0.3) is 0 Å². The summed E-state index contributed by atoms with van der Waals surface area (Å²) in [4.78, 5) is 5.95. The molecule has 16 heavy (non-hydrogen) atoms. The van der Waals surface area contributed by atoms with Crippen LogP contribution in [0.15, 0.2) is 35.5 Å². The van der Waals surface area contributed by atoms with Crippen molar-refractivity contribution in [3.8, 4) is 0 Å². The molecule has 0 bridgehead atoms. The van der Waals surface area contributed by atoms with E-state index in [1.54, 1.807) is 11.3 Å². The standard InChI is InChI=1S/C11H9NO2S2/c13-16-6-5-14-12-11(16)10-7-8-3-1-2-4-9(8)15-10/h1-4,7H,5-6H2/t16-/m0/s1. The third-order valence-electron chi connectivity index (χ3n) is 2.36. The quantitative estimate of drug-likeness (QED) is 0.780. The van der Waals surface area contributed by atoms with Crippen LogP contribution in [0.2, 0.25) is 0 Å². The molecule has 3 rings (SSSR count). The van der Waals surface area contributed by atoms with Crippen LogP contribution in [0.1, 0.15) is 4.88 Å². The molecular weight excluding hydrogens is 242 g/mol. The lowest BCUT2D eigenvalue weighted by Crippen LogP contribution is -2.19. The summed E-state index contributed by atoms with van der Waals surface area (Å²) >= 11 is 1.60. The normalized spacial score (nSPS) is 20.5. The van der Waals surface area contributed by atoms with Crippen LogP contribution < -0.4 is 0 Å². The summed E-state index contributed by atoms with van der Waals surface area (Å²) in [6.07, 6.45) is 0. The zero-order valence-electron chi connectivity index (χ0n) is 8.38. The number of nitrogens with zero attached hydrogens (tertiary/aromatic N) is 1. The Morgan fingerprint density at radius 2 is 2.25 bits per heavy atom. The van der Waals surface area contributed by atoms with Crippen molar-refractivity contribution in [2.24, 2.45) is 5.16 Å². The molecule has 82 valence electrons. The molecule has 0 saturated heterocycles. The lowest BCUT2D eigenvalue weighted by molar-refractivity contribution is 0.159. The van der Waals surface area contributed by atoms with Crippen LogP contribution in [0.3, 0.4) is 0 Å². The molecule has 0 radical (unpaired) electrons. The smallest absolute Gasteiger partial charge is 0.183 e. The van der Waals surface area contributed by atoms with Gasteiger partial charge in [0.1, 0.15) is 6.61 Å². The van der Waals surface area contributed by atoms with Crippen LogP contribution >= 0.6 is 11.3 Å². The van der Waals surface area contributed by atoms with Gasteiger partial charge in [0.2, 0.25) is 0 Å². The summed E-state index contributed by atoms with van der Waals surface area (Å²) in [6.45, 7) is 0.445. The predicted octanol–water partition coefficient (Wildman–Crippen LogP) is 2.34. The lowest BCUT2D eigenvalue weighted by atomic mass is 10.2. The molecule has 2 heterocycles. The number of thiophene rings is 1. The number of benzene rings is 1. The van der Waals surface area contributed by atoms with Crippen LogP contribution in [0, 0.1) is 0 Å². The second-order valence-electron chi connectivity index (χ2n) is 3.43. The number of hydrogen-bond acceptors (Lipinski definition) is 4. The van der Waals surface area contributed by atoms with Crippen molar-refractivity contribution in [3.05, 3.63) is 35.2 Å². The highest BCUT2D eigenvalue weighted by molar-refractivity contribution is 8.01. The van der Waals surface area contributed by atoms with Crippen LogP contribution in [0.5, 0.6) is 0 Å². The number of oxime groups is 1. The lowest BCUT2D eigenvalue weighted by Gasteiger charge is -2.09. The van der Waals surface area contributed by atoms with Gasteiger partial charge in [-0.05, 0) is 17.5 Å². The SMILES string of the molecule is O=[S@]1CCON=C1c1cc2ccccc2s1. The van der Waals surface area contributed by atoms with Crippen LogP contribution in [-0.4, -0.2) is 21.6 Å². The minimum atomic E-state index is -1.02. The fraction of sp³-hybridized carbons (Fsp3) is 0.182. The molecule has 3 nitrogen and oxygen atoms in total. The van der Waals surface area contributed by atoms with Crippen molar-refractivity contribution in [3.63, 3.8) is 0 Å². The molecule has 1 aliphatic rings. The zero-order valence-corrected chi connectivity index (χ0v) is 10.0. The Morgan fingerprint density at radius 3 is 3.06 bits per heavy atom. The largest absolute Gasteiger partial charge is 0.394 e. The maximum atomic E-state index is 11.8. The predicted molar refractivity (Wildman–Crippen MR) is 67.3 cm³/mol. The highest BCUT2D eigenvalue weighted by Crippen LogP contribution is 2.27. The van der Waals surface area contributed by atoms with Crippen molar-refractivity contribution < 1.29 is 9.05 Å². The second kappa shape index (κ2) is 3.99. The van der Waals surface area contributed by atoms with E-state index in [-0.39, 0.29) is 0 Å². The van der Waals surface area contributed by atoms with Crippen LogP contribution in [0.25, 0.3) is 10.1 Å². The first-order chi connectivity index (χ1) is 7.84. The molecule has 0 spiro atoms. The number of hydrogen-bond donors (Lipinski definition) is 0. The molecular formula is C11H9NO2S2. The van der Waals surface area contributed by atoms with E-state index in [1.807, 2.05) is 24.3 Å². The maximum Gasteiger partial charge on any atom is 0.183 e. The Labute approximate surface area is 99.2 Å². The maximum absolute atomic E-state index is 11.8. The highest BCUT2D eigenvalue weighted by atomic mass is 32.2. The number of rotatable bonds is 1. The van der Waals surface area contributed by atoms with Gasteiger partial charge in [-0.3, -0.25) is 4.21 Å². The highest BCUT2D eigenvalue weighted by Gasteiger charge is 2.19. The van der Waals surface area contributed by atoms with Gasteiger partial charge in [0.15, 0.2) is 5.04 Å². The van der Waals surface area contributed by atoms with Crippen molar-refractivity contribution >= 4 is 37.3 Å². The van der Waals surface area contributed by atoms with Crippen molar-refractivity contribution in [2.75, 3.05) is 12.4 Å². The second-order valence-corrected chi connectivity index (χ2v) is 6.00. The van der Waals surface area contributed by atoms with Gasteiger partial charge in [0, 0.05) is 4.70 Å². The van der Waals surface area contributed by atoms with E-state index in [0.717, 1.165) is 10.3 Å². The van der Waals surface area contributed by atoms with Gasteiger partial charge in [0.05, 0.1) is 21.4 Å². The van der Waals surface area contributed by atoms with Gasteiger partial charge >= 0.3 is 0 Å². The molecule has 0 aliphatic carbocycles. The Bertz CT molecular complexity index is 555. The summed E-state index contributed by atoms with van der Waals surface area (Å²) in [6, 6.07) is 10.1. The molecule has 0 N–H and O–H groups in total. The van der Waals surface area contributed by atoms with Crippen molar-refractivity contribution in [1.29, 1.82) is 0 Å². The molecule has 1 atom stereocenters. The summed E-state index contributed by atoms with van der Waals surface area (Å²) in [7, 11) is -1.02. The van der Waals surface area contributed by atoms with Crippen molar-refractivity contribution in [2.45, 2.75) is 0 Å². The molecule has 1 aromatic carbocycles. The molecule has 0 saturated carbocycles. The summed E-state index contributed by atoms with van der Waals surface area (Å²) in [5, 5.41) is 5.64. The first-order valence-corrected chi connectivity index (χ1v) is 7.05. The van der Waals surface area contributed by atoms with Gasteiger partial charge in [-0.1, -0.05) is 23.4 Å². The Kier molecular flexibility index (Phi) is 2.49. The van der Waals surface area contributed by atoms with E-state index < -0.39 is 10.8 Å². The minimum Gasteiger partial charge on any atom is -0.394 e. The zero-order chi connectivity index (χ0) is 11.0. The first-order valence-electron chi connectivity index (χ1n) is 4.92. The molecule has 0 unspecified atom stereocenters. The fourth-order valence-electron chi connectivity index (χ4n) is 1.60. The van der Waals surface area contributed by atoms with Gasteiger partial charge in [-0.15, -0.1) is 11.3 Å². The molecule has 0 amide bonds. The summed E-state index contributed by atoms with van der Waals surface area (Å²) in [5.41, 5.74) is 0. The molecule has 1 aliphatic heterocycles. The fourth-order valence-corrected chi connectivity index (χ4v) is 3.78. The molecule has 0 fully saturated rings. The Hall–Kier alpha value is -1.20. The number of fused-ring (bicyclic) bond motifs is 1. The molecule has 1 aromatic heterocycles. The summed E-state index contributed by atoms with van der Waals surface area (Å²) < 4.78 is 13.0. The van der Waals surface area contributed by atoms with Crippen LogP contribution in [-0.2, 0) is 15.6 Å².